The lowest BCUT2D eigenvalue weighted by molar-refractivity contribution is -0.133. The lowest BCUT2D eigenvalue weighted by atomic mass is 10.1. The number of nitrogens with zero attached hydrogens (tertiary/aromatic N) is 2. The van der Waals surface area contributed by atoms with Gasteiger partial charge in [-0.1, -0.05) is 0 Å². The zero-order chi connectivity index (χ0) is 13.7. The summed E-state index contributed by atoms with van der Waals surface area (Å²) >= 11 is 0. The lowest BCUT2D eigenvalue weighted by Crippen LogP contribution is -2.49. The van der Waals surface area contributed by atoms with Gasteiger partial charge in [0.1, 0.15) is 0 Å². The van der Waals surface area contributed by atoms with Crippen LogP contribution in [0.15, 0.2) is 0 Å². The number of amides is 1. The monoisotopic (exact) mass is 267 g/mol. The molecule has 0 aromatic carbocycles. The van der Waals surface area contributed by atoms with E-state index in [0.29, 0.717) is 6.04 Å². The summed E-state index contributed by atoms with van der Waals surface area (Å²) in [6.45, 7) is 9.53. The number of likely N-dealkylation sites (tertiary alicyclic amines) is 2. The number of nitrogens with one attached hydrogen (secondary N) is 1. The van der Waals surface area contributed by atoms with E-state index >= 15 is 0 Å². The molecule has 4 nitrogen and oxygen atoms in total. The Labute approximate surface area is 117 Å². The Kier molecular flexibility index (Phi) is 5.64. The first-order valence-electron chi connectivity index (χ1n) is 7.94. The number of hydrogen-bond acceptors (Lipinski definition) is 3. The van der Waals surface area contributed by atoms with E-state index in [4.69, 9.17) is 0 Å². The quantitative estimate of drug-likeness (QED) is 0.819. The normalized spacial score (nSPS) is 24.4. The molecule has 110 valence electrons. The zero-order valence-corrected chi connectivity index (χ0v) is 12.5. The smallest absolute Gasteiger partial charge is 0.239 e. The van der Waals surface area contributed by atoms with Crippen LogP contribution in [0, 0.1) is 0 Å². The van der Waals surface area contributed by atoms with Gasteiger partial charge in [0.05, 0.1) is 6.04 Å². The van der Waals surface area contributed by atoms with Crippen molar-refractivity contribution in [3.63, 3.8) is 0 Å². The van der Waals surface area contributed by atoms with E-state index in [2.05, 4.69) is 17.1 Å². The summed E-state index contributed by atoms with van der Waals surface area (Å²) in [7, 11) is 0. The predicted molar refractivity (Wildman–Crippen MR) is 78.2 cm³/mol. The maximum Gasteiger partial charge on any atom is 0.239 e. The second kappa shape index (κ2) is 7.25. The van der Waals surface area contributed by atoms with Gasteiger partial charge >= 0.3 is 0 Å². The molecule has 2 aliphatic rings. The van der Waals surface area contributed by atoms with E-state index in [-0.39, 0.29) is 11.9 Å². The van der Waals surface area contributed by atoms with Crippen LogP contribution >= 0.6 is 0 Å². The Morgan fingerprint density at radius 2 is 1.58 bits per heavy atom. The van der Waals surface area contributed by atoms with E-state index in [1.54, 1.807) is 0 Å². The number of rotatable bonds is 5. The maximum atomic E-state index is 12.3. The summed E-state index contributed by atoms with van der Waals surface area (Å²) in [5.41, 5.74) is 0. The van der Waals surface area contributed by atoms with Gasteiger partial charge in [0.2, 0.25) is 5.91 Å². The number of hydrogen-bond donors (Lipinski definition) is 1. The molecule has 0 bridgehead atoms. The van der Waals surface area contributed by atoms with Crippen LogP contribution in [0.25, 0.3) is 0 Å². The van der Waals surface area contributed by atoms with Gasteiger partial charge in [-0.3, -0.25) is 9.69 Å². The molecule has 19 heavy (non-hydrogen) atoms. The summed E-state index contributed by atoms with van der Waals surface area (Å²) in [6, 6.07) is 0.502. The minimum absolute atomic E-state index is 0.0387. The summed E-state index contributed by atoms with van der Waals surface area (Å²) < 4.78 is 0. The number of carbonyl (C=O) groups excluding carboxylic acids is 1. The minimum Gasteiger partial charge on any atom is -0.341 e. The molecule has 2 atom stereocenters. The topological polar surface area (TPSA) is 35.6 Å². The van der Waals surface area contributed by atoms with Crippen molar-refractivity contribution in [2.45, 2.75) is 58.0 Å². The fraction of sp³-hybridized carbons (Fsp3) is 0.933. The molecule has 0 saturated carbocycles. The molecule has 2 heterocycles. The standard InChI is InChI=1S/C15H29N3O/c1-13(17-8-6-7-9-17)12-16-14(2)15(19)18-10-4-3-5-11-18/h13-14,16H,3-12H2,1-2H3. The molecule has 2 saturated heterocycles. The van der Waals surface area contributed by atoms with Crippen molar-refractivity contribution < 1.29 is 4.79 Å². The van der Waals surface area contributed by atoms with Crippen molar-refractivity contribution in [2.75, 3.05) is 32.7 Å². The third kappa shape index (κ3) is 4.18. The van der Waals surface area contributed by atoms with Gasteiger partial charge < -0.3 is 10.2 Å². The molecule has 1 N–H and O–H groups in total. The van der Waals surface area contributed by atoms with Gasteiger partial charge in [-0.25, -0.2) is 0 Å². The first kappa shape index (κ1) is 14.8. The SMILES string of the molecule is CC(NCC(C)N1CCCC1)C(=O)N1CCCCC1. The van der Waals surface area contributed by atoms with Crippen molar-refractivity contribution in [2.24, 2.45) is 0 Å². The zero-order valence-electron chi connectivity index (χ0n) is 12.5. The molecule has 0 radical (unpaired) electrons. The van der Waals surface area contributed by atoms with E-state index in [0.717, 1.165) is 19.6 Å². The molecule has 1 amide bonds. The third-order valence-electron chi connectivity index (χ3n) is 4.52. The van der Waals surface area contributed by atoms with Crippen molar-refractivity contribution in [3.8, 4) is 0 Å². The lowest BCUT2D eigenvalue weighted by Gasteiger charge is -2.31. The Hall–Kier alpha value is -0.610. The van der Waals surface area contributed by atoms with Crippen molar-refractivity contribution in [1.29, 1.82) is 0 Å². The average molecular weight is 267 g/mol. The first-order valence-corrected chi connectivity index (χ1v) is 7.94. The second-order valence-electron chi connectivity index (χ2n) is 6.11. The fourth-order valence-electron chi connectivity index (χ4n) is 3.13. The second-order valence-corrected chi connectivity index (χ2v) is 6.11. The number of piperidine rings is 1. The number of carbonyl (C=O) groups is 1. The summed E-state index contributed by atoms with van der Waals surface area (Å²) in [5.74, 6) is 0.285. The van der Waals surface area contributed by atoms with Crippen molar-refractivity contribution in [1.82, 2.24) is 15.1 Å². The van der Waals surface area contributed by atoms with Gasteiger partial charge in [-0.15, -0.1) is 0 Å². The summed E-state index contributed by atoms with van der Waals surface area (Å²) in [4.78, 5) is 16.8. The van der Waals surface area contributed by atoms with Crippen molar-refractivity contribution >= 4 is 5.91 Å². The van der Waals surface area contributed by atoms with E-state index in [1.807, 2.05) is 11.8 Å². The van der Waals surface area contributed by atoms with Crippen LogP contribution in [0.1, 0.15) is 46.0 Å². The molecule has 2 rings (SSSR count). The van der Waals surface area contributed by atoms with Crippen LogP contribution in [-0.2, 0) is 4.79 Å². The van der Waals surface area contributed by atoms with Crippen LogP contribution in [0.2, 0.25) is 0 Å². The van der Waals surface area contributed by atoms with Gasteiger partial charge in [0.25, 0.3) is 0 Å². The molecule has 4 heteroatoms. The highest BCUT2D eigenvalue weighted by Gasteiger charge is 2.23. The highest BCUT2D eigenvalue weighted by Crippen LogP contribution is 2.12. The average Bonchev–Trinajstić information content (AvgIpc) is 2.98. The summed E-state index contributed by atoms with van der Waals surface area (Å²) in [6.07, 6.45) is 6.27. The Balaban J connectivity index is 1.70. The van der Waals surface area contributed by atoms with Crippen molar-refractivity contribution in [3.05, 3.63) is 0 Å². The predicted octanol–water partition coefficient (Wildman–Crippen LogP) is 1.46. The third-order valence-corrected chi connectivity index (χ3v) is 4.52. The first-order chi connectivity index (χ1) is 9.18. The molecule has 0 aromatic heterocycles. The highest BCUT2D eigenvalue weighted by atomic mass is 16.2. The van der Waals surface area contributed by atoms with E-state index in [9.17, 15) is 4.79 Å². The van der Waals surface area contributed by atoms with E-state index in [1.165, 1.54) is 45.2 Å². The van der Waals surface area contributed by atoms with Gasteiger partial charge in [-0.05, 0) is 59.0 Å². The van der Waals surface area contributed by atoms with Crippen LogP contribution in [0.5, 0.6) is 0 Å². The highest BCUT2D eigenvalue weighted by molar-refractivity contribution is 5.81. The van der Waals surface area contributed by atoms with E-state index < -0.39 is 0 Å². The molecule has 0 aliphatic carbocycles. The van der Waals surface area contributed by atoms with Crippen LogP contribution < -0.4 is 5.32 Å². The van der Waals surface area contributed by atoms with Crippen LogP contribution in [0.4, 0.5) is 0 Å². The Morgan fingerprint density at radius 3 is 2.21 bits per heavy atom. The molecule has 2 aliphatic heterocycles. The Bertz CT molecular complexity index is 283. The molecule has 0 aromatic rings. The largest absolute Gasteiger partial charge is 0.341 e. The summed E-state index contributed by atoms with van der Waals surface area (Å²) in [5, 5.41) is 3.42. The molecule has 2 unspecified atom stereocenters. The molecular formula is C15H29N3O. The van der Waals surface area contributed by atoms with Crippen LogP contribution in [0.3, 0.4) is 0 Å². The van der Waals surface area contributed by atoms with Crippen LogP contribution in [-0.4, -0.2) is 60.5 Å². The van der Waals surface area contributed by atoms with Gasteiger partial charge in [-0.2, -0.15) is 0 Å². The van der Waals surface area contributed by atoms with Gasteiger partial charge in [0, 0.05) is 25.7 Å². The maximum absolute atomic E-state index is 12.3. The minimum atomic E-state index is -0.0387. The fourth-order valence-corrected chi connectivity index (χ4v) is 3.13. The Morgan fingerprint density at radius 1 is 1.00 bits per heavy atom. The molecular weight excluding hydrogens is 238 g/mol. The molecule has 2 fully saturated rings. The molecule has 0 spiro atoms. The van der Waals surface area contributed by atoms with Gasteiger partial charge in [0.15, 0.2) is 0 Å².